The molecule has 468 valence electrons. The van der Waals surface area contributed by atoms with E-state index in [2.05, 4.69) is 129 Å². The molecule has 82 heavy (non-hydrogen) atoms. The molecular formula is C68H113NO13. The molecule has 0 radical (unpaired) electrons. The maximum Gasteiger partial charge on any atom is 0.220 e. The van der Waals surface area contributed by atoms with E-state index in [0.29, 0.717) is 12.8 Å². The lowest BCUT2D eigenvalue weighted by molar-refractivity contribution is -0.359. The monoisotopic (exact) mass is 1150 g/mol. The fourth-order valence-corrected chi connectivity index (χ4v) is 9.56. The molecule has 2 aliphatic rings. The summed E-state index contributed by atoms with van der Waals surface area (Å²) in [4.78, 5) is 13.2. The van der Waals surface area contributed by atoms with Crippen LogP contribution in [0.3, 0.4) is 0 Å². The largest absolute Gasteiger partial charge is 0.394 e. The van der Waals surface area contributed by atoms with Crippen LogP contribution in [-0.2, 0) is 23.7 Å². The van der Waals surface area contributed by atoms with Crippen molar-refractivity contribution in [1.29, 1.82) is 0 Å². The molecule has 2 aliphatic heterocycles. The van der Waals surface area contributed by atoms with Crippen molar-refractivity contribution in [3.63, 3.8) is 0 Å². The molecule has 0 aromatic rings. The molecule has 9 N–H and O–H groups in total. The Morgan fingerprint density at radius 1 is 0.451 bits per heavy atom. The molecule has 0 aromatic heterocycles. The average molecular weight is 1150 g/mol. The van der Waals surface area contributed by atoms with Gasteiger partial charge in [-0.3, -0.25) is 4.79 Å². The molecular weight excluding hydrogens is 1040 g/mol. The van der Waals surface area contributed by atoms with Gasteiger partial charge in [-0.15, -0.1) is 0 Å². The highest BCUT2D eigenvalue weighted by Gasteiger charge is 2.51. The van der Waals surface area contributed by atoms with Crippen molar-refractivity contribution in [3.05, 3.63) is 122 Å². The summed E-state index contributed by atoms with van der Waals surface area (Å²) in [6, 6.07) is -0.936. The zero-order chi connectivity index (χ0) is 59.5. The number of carbonyl (C=O) groups is 1. The topological polar surface area (TPSA) is 228 Å². The highest BCUT2D eigenvalue weighted by molar-refractivity contribution is 5.76. The molecule has 0 aromatic carbocycles. The third kappa shape index (κ3) is 36.3. The first-order valence-corrected chi connectivity index (χ1v) is 31.8. The molecule has 2 fully saturated rings. The molecule has 12 atom stereocenters. The number of unbranched alkanes of at least 4 members (excludes halogenated alkanes) is 18. The van der Waals surface area contributed by atoms with E-state index >= 15 is 0 Å². The van der Waals surface area contributed by atoms with Gasteiger partial charge in [0.1, 0.15) is 48.8 Å². The molecule has 0 bridgehead atoms. The lowest BCUT2D eigenvalue weighted by Crippen LogP contribution is -2.65. The van der Waals surface area contributed by atoms with Gasteiger partial charge in [0.25, 0.3) is 0 Å². The lowest BCUT2D eigenvalue weighted by atomic mass is 9.97. The van der Waals surface area contributed by atoms with Crippen molar-refractivity contribution in [2.24, 2.45) is 0 Å². The van der Waals surface area contributed by atoms with E-state index in [4.69, 9.17) is 18.9 Å². The number of hydrogen-bond acceptors (Lipinski definition) is 13. The summed E-state index contributed by atoms with van der Waals surface area (Å²) >= 11 is 0. The van der Waals surface area contributed by atoms with Crippen LogP contribution < -0.4 is 5.32 Å². The van der Waals surface area contributed by atoms with Gasteiger partial charge in [-0.05, 0) is 96.3 Å². The fraction of sp³-hybridized carbons (Fsp3) is 0.691. The number of carbonyl (C=O) groups excluding carboxylic acids is 1. The normalized spacial score (nSPS) is 24.8. The van der Waals surface area contributed by atoms with Gasteiger partial charge in [0.05, 0.1) is 32.0 Å². The number of ether oxygens (including phenoxy) is 4. The maximum atomic E-state index is 13.2. The first-order chi connectivity index (χ1) is 40.1. The van der Waals surface area contributed by atoms with E-state index in [9.17, 15) is 45.6 Å². The van der Waals surface area contributed by atoms with Crippen LogP contribution in [0.5, 0.6) is 0 Å². The second-order valence-electron chi connectivity index (χ2n) is 21.8. The van der Waals surface area contributed by atoms with Crippen molar-refractivity contribution in [2.45, 2.75) is 280 Å². The van der Waals surface area contributed by atoms with Crippen molar-refractivity contribution in [3.8, 4) is 0 Å². The highest BCUT2D eigenvalue weighted by atomic mass is 16.7. The molecule has 12 unspecified atom stereocenters. The number of allylic oxidation sites excluding steroid dienone is 19. The Bertz CT molecular complexity index is 1840. The molecule has 2 rings (SSSR count). The Labute approximate surface area is 495 Å². The van der Waals surface area contributed by atoms with Crippen molar-refractivity contribution < 1.29 is 64.6 Å². The minimum absolute atomic E-state index is 0.258. The lowest BCUT2D eigenvalue weighted by Gasteiger charge is -2.46. The van der Waals surface area contributed by atoms with Crippen LogP contribution in [0, 0.1) is 0 Å². The minimum atomic E-state index is -1.79. The summed E-state index contributed by atoms with van der Waals surface area (Å²) in [5, 5.41) is 86.8. The molecule has 0 saturated carbocycles. The van der Waals surface area contributed by atoms with Crippen LogP contribution in [0.2, 0.25) is 0 Å². The summed E-state index contributed by atoms with van der Waals surface area (Å²) < 4.78 is 22.7. The fourth-order valence-electron chi connectivity index (χ4n) is 9.56. The predicted octanol–water partition coefficient (Wildman–Crippen LogP) is 11.8. The number of nitrogens with one attached hydrogen (secondary N) is 1. The van der Waals surface area contributed by atoms with Gasteiger partial charge in [0, 0.05) is 6.42 Å². The summed E-state index contributed by atoms with van der Waals surface area (Å²) in [7, 11) is 0. The van der Waals surface area contributed by atoms with Gasteiger partial charge in [-0.2, -0.15) is 0 Å². The first kappa shape index (κ1) is 74.5. The first-order valence-electron chi connectivity index (χ1n) is 31.8. The number of aliphatic hydroxyl groups excluding tert-OH is 8. The summed E-state index contributed by atoms with van der Waals surface area (Å²) in [6.07, 6.45) is 58.6. The average Bonchev–Trinajstić information content (AvgIpc) is 3.38. The second kappa shape index (κ2) is 51.8. The Hall–Kier alpha value is -3.61. The standard InChI is InChI=1S/C68H113NO13/c1-3-5-7-9-11-13-14-15-16-17-18-19-20-21-22-23-24-25-26-27-28-29-30-31-32-33-34-35-36-37-38-39-40-41-42-44-46-48-50-52-60(73)69-56(57(72)51-49-47-45-43-12-10-8-6-4-2)55-79-67-65(78)63(76)66(59(54-71)81-67)82-68-64(77)62(75)61(74)58(53-70)80-68/h5,7,11-13,15-16,18-19,21-22,24-25,27-28,30-31,43,49,51,56-59,61-68,70-72,74-78H,3-4,6,8-10,14,17,20,23,26,29,32-42,44-48,50,52-55H2,1-2H3,(H,69,73)/b7-5-,13-11-,16-15-,19-18-,22-21-,25-24-,28-27-,31-30-,43-12+,51-49+. The third-order valence-corrected chi connectivity index (χ3v) is 14.6. The molecule has 14 heteroatoms. The molecule has 2 heterocycles. The Balaban J connectivity index is 1.57. The zero-order valence-corrected chi connectivity index (χ0v) is 50.4. The van der Waals surface area contributed by atoms with Gasteiger partial charge in [-0.25, -0.2) is 0 Å². The molecule has 1 amide bonds. The predicted molar refractivity (Wildman–Crippen MR) is 332 cm³/mol. The number of hydrogen-bond donors (Lipinski definition) is 9. The van der Waals surface area contributed by atoms with Crippen LogP contribution in [0.4, 0.5) is 0 Å². The van der Waals surface area contributed by atoms with Gasteiger partial charge < -0.3 is 65.1 Å². The number of amides is 1. The smallest absolute Gasteiger partial charge is 0.220 e. The number of rotatable bonds is 49. The summed E-state index contributed by atoms with van der Waals surface area (Å²) in [6.45, 7) is 2.58. The zero-order valence-electron chi connectivity index (χ0n) is 50.4. The van der Waals surface area contributed by atoms with Gasteiger partial charge in [0.15, 0.2) is 12.6 Å². The van der Waals surface area contributed by atoms with Crippen LogP contribution in [0.25, 0.3) is 0 Å². The van der Waals surface area contributed by atoms with Gasteiger partial charge >= 0.3 is 0 Å². The van der Waals surface area contributed by atoms with E-state index in [0.717, 1.165) is 96.3 Å². The Morgan fingerprint density at radius 3 is 1.34 bits per heavy atom. The van der Waals surface area contributed by atoms with Crippen molar-refractivity contribution in [1.82, 2.24) is 5.32 Å². The van der Waals surface area contributed by atoms with Crippen LogP contribution in [0.15, 0.2) is 122 Å². The van der Waals surface area contributed by atoms with Crippen LogP contribution in [0.1, 0.15) is 206 Å². The summed E-state index contributed by atoms with van der Waals surface area (Å²) in [5.74, 6) is -0.258. The second-order valence-corrected chi connectivity index (χ2v) is 21.8. The van der Waals surface area contributed by atoms with E-state index in [1.165, 1.54) is 77.0 Å². The highest BCUT2D eigenvalue weighted by Crippen LogP contribution is 2.30. The van der Waals surface area contributed by atoms with Gasteiger partial charge in [0.2, 0.25) is 5.91 Å². The van der Waals surface area contributed by atoms with E-state index in [1.807, 2.05) is 6.08 Å². The van der Waals surface area contributed by atoms with Crippen LogP contribution in [-0.4, -0.2) is 140 Å². The van der Waals surface area contributed by atoms with Crippen LogP contribution >= 0.6 is 0 Å². The van der Waals surface area contributed by atoms with E-state index < -0.39 is 86.8 Å². The quantitative estimate of drug-likeness (QED) is 0.0204. The molecule has 14 nitrogen and oxygen atoms in total. The number of aliphatic hydroxyl groups is 8. The molecule has 2 saturated heterocycles. The molecule has 0 aliphatic carbocycles. The SMILES string of the molecule is CC/C=C\C/C=C\C/C=C\C/C=C\C/C=C\C/C=C\C/C=C\C/C=C\CCCCCCCCCCCCCCCCC(=O)NC(COC1OC(CO)C(OC2OC(CO)C(O)C(O)C2O)C(O)C1O)C(O)/C=C/CC/C=C/CCCCC. The van der Waals surface area contributed by atoms with Crippen molar-refractivity contribution >= 4 is 5.91 Å². The Kier molecular flexibility index (Phi) is 47.0. The Morgan fingerprint density at radius 2 is 0.854 bits per heavy atom. The third-order valence-electron chi connectivity index (χ3n) is 14.6. The summed E-state index contributed by atoms with van der Waals surface area (Å²) in [5.41, 5.74) is 0. The van der Waals surface area contributed by atoms with Gasteiger partial charge in [-0.1, -0.05) is 225 Å². The molecule has 0 spiro atoms. The maximum absolute atomic E-state index is 13.2. The van der Waals surface area contributed by atoms with Crippen molar-refractivity contribution in [2.75, 3.05) is 19.8 Å². The van der Waals surface area contributed by atoms with E-state index in [1.54, 1.807) is 6.08 Å². The van der Waals surface area contributed by atoms with E-state index in [-0.39, 0.29) is 18.9 Å². The minimum Gasteiger partial charge on any atom is -0.394 e.